The maximum atomic E-state index is 5.52. The first-order valence-electron chi connectivity index (χ1n) is 5.13. The molecule has 0 aliphatic rings. The standard InChI is InChI=1S/C12H14N2OS/c1-15-11-5-3-2-4-10(11)12-14-8-9(16-12)6-7-13/h2-5,8H,6-7,13H2,1H3. The van der Waals surface area contributed by atoms with E-state index in [-0.39, 0.29) is 0 Å². The molecule has 4 heteroatoms. The van der Waals surface area contributed by atoms with E-state index in [2.05, 4.69) is 4.98 Å². The van der Waals surface area contributed by atoms with E-state index in [1.165, 1.54) is 4.88 Å². The Morgan fingerprint density at radius 2 is 2.19 bits per heavy atom. The fourth-order valence-electron chi connectivity index (χ4n) is 1.51. The molecule has 1 heterocycles. The van der Waals surface area contributed by atoms with E-state index < -0.39 is 0 Å². The first kappa shape index (κ1) is 11.1. The van der Waals surface area contributed by atoms with Gasteiger partial charge in [0.2, 0.25) is 0 Å². The Morgan fingerprint density at radius 3 is 2.94 bits per heavy atom. The van der Waals surface area contributed by atoms with Gasteiger partial charge in [0, 0.05) is 11.1 Å². The Kier molecular flexibility index (Phi) is 3.54. The molecule has 1 aromatic carbocycles. The molecule has 16 heavy (non-hydrogen) atoms. The van der Waals surface area contributed by atoms with Crippen molar-refractivity contribution < 1.29 is 4.74 Å². The zero-order valence-electron chi connectivity index (χ0n) is 9.14. The van der Waals surface area contributed by atoms with Gasteiger partial charge in [0.15, 0.2) is 0 Å². The van der Waals surface area contributed by atoms with Crippen LogP contribution in [0.2, 0.25) is 0 Å². The summed E-state index contributed by atoms with van der Waals surface area (Å²) >= 11 is 1.67. The summed E-state index contributed by atoms with van der Waals surface area (Å²) in [7, 11) is 1.67. The summed E-state index contributed by atoms with van der Waals surface area (Å²) in [5.41, 5.74) is 6.56. The smallest absolute Gasteiger partial charge is 0.129 e. The molecule has 0 saturated heterocycles. The highest BCUT2D eigenvalue weighted by Gasteiger charge is 2.08. The molecule has 0 spiro atoms. The van der Waals surface area contributed by atoms with Crippen molar-refractivity contribution >= 4 is 11.3 Å². The van der Waals surface area contributed by atoms with Crippen LogP contribution in [-0.4, -0.2) is 18.6 Å². The average molecular weight is 234 g/mol. The summed E-state index contributed by atoms with van der Waals surface area (Å²) in [4.78, 5) is 5.61. The van der Waals surface area contributed by atoms with E-state index in [1.54, 1.807) is 18.4 Å². The summed E-state index contributed by atoms with van der Waals surface area (Å²) < 4.78 is 5.31. The monoisotopic (exact) mass is 234 g/mol. The first-order valence-corrected chi connectivity index (χ1v) is 5.95. The zero-order chi connectivity index (χ0) is 11.4. The van der Waals surface area contributed by atoms with Crippen LogP contribution in [0.1, 0.15) is 4.88 Å². The van der Waals surface area contributed by atoms with Crippen molar-refractivity contribution in [1.29, 1.82) is 0 Å². The molecule has 1 aromatic heterocycles. The van der Waals surface area contributed by atoms with E-state index in [1.807, 2.05) is 30.5 Å². The second-order valence-corrected chi connectivity index (χ2v) is 4.49. The maximum Gasteiger partial charge on any atom is 0.129 e. The van der Waals surface area contributed by atoms with Crippen LogP contribution in [0.25, 0.3) is 10.6 Å². The molecule has 0 atom stereocenters. The van der Waals surface area contributed by atoms with E-state index in [0.29, 0.717) is 6.54 Å². The molecule has 3 nitrogen and oxygen atoms in total. The number of hydrogen-bond donors (Lipinski definition) is 1. The number of benzene rings is 1. The number of aromatic nitrogens is 1. The highest BCUT2D eigenvalue weighted by Crippen LogP contribution is 2.32. The largest absolute Gasteiger partial charge is 0.496 e. The molecule has 2 aromatic rings. The molecule has 2 N–H and O–H groups in total. The van der Waals surface area contributed by atoms with Crippen LogP contribution in [0.3, 0.4) is 0 Å². The lowest BCUT2D eigenvalue weighted by Gasteiger charge is -2.04. The van der Waals surface area contributed by atoms with Crippen molar-refractivity contribution in [3.05, 3.63) is 35.3 Å². The fraction of sp³-hybridized carbons (Fsp3) is 0.250. The molecule has 0 bridgehead atoms. The van der Waals surface area contributed by atoms with Gasteiger partial charge in [0.1, 0.15) is 10.8 Å². The molecule has 0 aliphatic carbocycles. The van der Waals surface area contributed by atoms with Gasteiger partial charge in [-0.15, -0.1) is 11.3 Å². The molecule has 0 unspecified atom stereocenters. The third-order valence-corrected chi connectivity index (χ3v) is 3.37. The summed E-state index contributed by atoms with van der Waals surface area (Å²) in [5, 5.41) is 0.987. The number of rotatable bonds is 4. The van der Waals surface area contributed by atoms with Crippen molar-refractivity contribution in [3.63, 3.8) is 0 Å². The van der Waals surface area contributed by atoms with E-state index in [0.717, 1.165) is 22.7 Å². The van der Waals surface area contributed by atoms with E-state index >= 15 is 0 Å². The van der Waals surface area contributed by atoms with Crippen molar-refractivity contribution in [2.45, 2.75) is 6.42 Å². The van der Waals surface area contributed by atoms with Gasteiger partial charge in [-0.25, -0.2) is 4.98 Å². The lowest BCUT2D eigenvalue weighted by Crippen LogP contribution is -2.00. The van der Waals surface area contributed by atoms with Crippen molar-refractivity contribution in [2.75, 3.05) is 13.7 Å². The van der Waals surface area contributed by atoms with Gasteiger partial charge in [-0.05, 0) is 25.1 Å². The van der Waals surface area contributed by atoms with Crippen LogP contribution in [0.4, 0.5) is 0 Å². The Hall–Kier alpha value is -1.39. The summed E-state index contributed by atoms with van der Waals surface area (Å²) in [6, 6.07) is 7.90. The van der Waals surface area contributed by atoms with Crippen molar-refractivity contribution in [3.8, 4) is 16.3 Å². The third kappa shape index (κ3) is 2.23. The van der Waals surface area contributed by atoms with Crippen molar-refractivity contribution in [2.24, 2.45) is 5.73 Å². The first-order chi connectivity index (χ1) is 7.85. The Morgan fingerprint density at radius 1 is 1.38 bits per heavy atom. The molecule has 0 radical (unpaired) electrons. The number of para-hydroxylation sites is 1. The van der Waals surface area contributed by atoms with Gasteiger partial charge < -0.3 is 10.5 Å². The lowest BCUT2D eigenvalue weighted by atomic mass is 10.2. The number of ether oxygens (including phenoxy) is 1. The average Bonchev–Trinajstić information content (AvgIpc) is 2.78. The number of nitrogens with two attached hydrogens (primary N) is 1. The molecule has 2 rings (SSSR count). The molecule has 0 fully saturated rings. The summed E-state index contributed by atoms with van der Waals surface area (Å²) in [6.07, 6.45) is 2.77. The van der Waals surface area contributed by atoms with Gasteiger partial charge in [0.25, 0.3) is 0 Å². The number of nitrogens with zero attached hydrogens (tertiary/aromatic N) is 1. The quantitative estimate of drug-likeness (QED) is 0.883. The zero-order valence-corrected chi connectivity index (χ0v) is 9.96. The van der Waals surface area contributed by atoms with Gasteiger partial charge in [0.05, 0.1) is 12.7 Å². The predicted octanol–water partition coefficient (Wildman–Crippen LogP) is 2.32. The highest BCUT2D eigenvalue weighted by molar-refractivity contribution is 7.15. The minimum Gasteiger partial charge on any atom is -0.496 e. The van der Waals surface area contributed by atoms with Crippen LogP contribution in [0.15, 0.2) is 30.5 Å². The molecule has 0 aliphatic heterocycles. The summed E-state index contributed by atoms with van der Waals surface area (Å²) in [5.74, 6) is 0.858. The Balaban J connectivity index is 2.34. The molecule has 0 saturated carbocycles. The minimum absolute atomic E-state index is 0.660. The molecule has 0 amide bonds. The predicted molar refractivity (Wildman–Crippen MR) is 66.9 cm³/mol. The van der Waals surface area contributed by atoms with Gasteiger partial charge in [-0.3, -0.25) is 0 Å². The van der Waals surface area contributed by atoms with Gasteiger partial charge >= 0.3 is 0 Å². The SMILES string of the molecule is COc1ccccc1-c1ncc(CCN)s1. The second kappa shape index (κ2) is 5.09. The minimum atomic E-state index is 0.660. The van der Waals surface area contributed by atoms with Crippen LogP contribution in [0, 0.1) is 0 Å². The van der Waals surface area contributed by atoms with Gasteiger partial charge in [-0.1, -0.05) is 12.1 Å². The number of thiazole rings is 1. The van der Waals surface area contributed by atoms with Crippen LogP contribution in [0.5, 0.6) is 5.75 Å². The Bertz CT molecular complexity index is 468. The number of methoxy groups -OCH3 is 1. The van der Waals surface area contributed by atoms with E-state index in [4.69, 9.17) is 10.5 Å². The maximum absolute atomic E-state index is 5.52. The fourth-order valence-corrected chi connectivity index (χ4v) is 2.47. The Labute approximate surface area is 98.9 Å². The van der Waals surface area contributed by atoms with Crippen LogP contribution >= 0.6 is 11.3 Å². The normalized spacial score (nSPS) is 10.4. The lowest BCUT2D eigenvalue weighted by molar-refractivity contribution is 0.416. The molecular weight excluding hydrogens is 220 g/mol. The second-order valence-electron chi connectivity index (χ2n) is 3.37. The number of hydrogen-bond acceptors (Lipinski definition) is 4. The molecule has 84 valence electrons. The van der Waals surface area contributed by atoms with E-state index in [9.17, 15) is 0 Å². The topological polar surface area (TPSA) is 48.1 Å². The van der Waals surface area contributed by atoms with Gasteiger partial charge in [-0.2, -0.15) is 0 Å². The summed E-state index contributed by atoms with van der Waals surface area (Å²) in [6.45, 7) is 0.660. The highest BCUT2D eigenvalue weighted by atomic mass is 32.1. The molecular formula is C12H14N2OS. The van der Waals surface area contributed by atoms with Crippen LogP contribution in [-0.2, 0) is 6.42 Å². The van der Waals surface area contributed by atoms with Crippen LogP contribution < -0.4 is 10.5 Å². The van der Waals surface area contributed by atoms with Crippen molar-refractivity contribution in [1.82, 2.24) is 4.98 Å². The third-order valence-electron chi connectivity index (χ3n) is 2.28.